The van der Waals surface area contributed by atoms with Gasteiger partial charge in [0.2, 0.25) is 0 Å². The minimum Gasteiger partial charge on any atom is -0.495 e. The molecule has 0 spiro atoms. The van der Waals surface area contributed by atoms with Crippen LogP contribution in [0.5, 0.6) is 5.75 Å². The summed E-state index contributed by atoms with van der Waals surface area (Å²) in [5.41, 5.74) is 1.15. The number of hydrogen-bond donors (Lipinski definition) is 3. The molecule has 0 saturated heterocycles. The topological polar surface area (TPSA) is 101 Å². The molecule has 0 aliphatic heterocycles. The molecule has 0 radical (unpaired) electrons. The molecule has 2 aromatic rings. The van der Waals surface area contributed by atoms with E-state index in [1.54, 1.807) is 6.07 Å². The van der Waals surface area contributed by atoms with Crippen molar-refractivity contribution in [1.29, 1.82) is 0 Å². The number of ether oxygens (including phenoxy) is 1. The highest BCUT2D eigenvalue weighted by Crippen LogP contribution is 2.25. The van der Waals surface area contributed by atoms with E-state index in [0.29, 0.717) is 12.3 Å². The fourth-order valence-electron chi connectivity index (χ4n) is 1.68. The van der Waals surface area contributed by atoms with Gasteiger partial charge in [-0.15, -0.1) is 0 Å². The number of hydrogen-bond acceptors (Lipinski definition) is 4. The van der Waals surface area contributed by atoms with Crippen LogP contribution in [0.25, 0.3) is 0 Å². The maximum Gasteiger partial charge on any atom is 0.335 e. The zero-order valence-corrected chi connectivity index (χ0v) is 11.3. The van der Waals surface area contributed by atoms with Gasteiger partial charge in [-0.05, 0) is 24.3 Å². The first-order valence-corrected chi connectivity index (χ1v) is 6.07. The minimum absolute atomic E-state index is 0.0564. The Morgan fingerprint density at radius 3 is 2.76 bits per heavy atom. The first-order chi connectivity index (χ1) is 10.1. The number of carbonyl (C=O) groups excluding carboxylic acids is 1. The van der Waals surface area contributed by atoms with Gasteiger partial charge in [0.15, 0.2) is 0 Å². The third kappa shape index (κ3) is 3.75. The zero-order valence-electron chi connectivity index (χ0n) is 11.3. The number of benzene rings is 1. The summed E-state index contributed by atoms with van der Waals surface area (Å²) < 4.78 is 9.97. The van der Waals surface area contributed by atoms with E-state index in [9.17, 15) is 9.59 Å². The van der Waals surface area contributed by atoms with E-state index >= 15 is 0 Å². The molecule has 0 fully saturated rings. The summed E-state index contributed by atoms with van der Waals surface area (Å²) in [7, 11) is 1.43. The van der Waals surface area contributed by atoms with E-state index in [4.69, 9.17) is 14.3 Å². The molecule has 3 N–H and O–H groups in total. The van der Waals surface area contributed by atoms with Gasteiger partial charge in [-0.25, -0.2) is 9.59 Å². The van der Waals surface area contributed by atoms with Crippen LogP contribution in [-0.4, -0.2) is 24.2 Å². The molecule has 2 amide bonds. The standard InChI is InChI=1S/C14H14N2O5/c1-20-12-3-2-10(13(17)18)6-11(12)16-14(19)15-7-9-4-5-21-8-9/h2-6,8H,7H2,1H3,(H,17,18)(H2,15,16,19). The summed E-state index contributed by atoms with van der Waals surface area (Å²) in [4.78, 5) is 22.7. The molecule has 110 valence electrons. The summed E-state index contributed by atoms with van der Waals surface area (Å²) in [5, 5.41) is 14.1. The minimum atomic E-state index is -1.08. The first kappa shape index (κ1) is 14.4. The van der Waals surface area contributed by atoms with Gasteiger partial charge in [-0.1, -0.05) is 0 Å². The molecule has 0 unspecified atom stereocenters. The number of nitrogens with one attached hydrogen (secondary N) is 2. The van der Waals surface area contributed by atoms with Crippen LogP contribution >= 0.6 is 0 Å². The van der Waals surface area contributed by atoms with Crippen molar-refractivity contribution < 1.29 is 23.8 Å². The van der Waals surface area contributed by atoms with Gasteiger partial charge in [0.05, 0.1) is 30.9 Å². The number of anilines is 1. The average molecular weight is 290 g/mol. The molecule has 2 rings (SSSR count). The van der Waals surface area contributed by atoms with Crippen LogP contribution in [-0.2, 0) is 6.54 Å². The van der Waals surface area contributed by atoms with Crippen LogP contribution in [0, 0.1) is 0 Å². The summed E-state index contributed by atoms with van der Waals surface area (Å²) >= 11 is 0. The Labute approximate surface area is 120 Å². The van der Waals surface area contributed by atoms with Crippen molar-refractivity contribution in [2.24, 2.45) is 0 Å². The van der Waals surface area contributed by atoms with Crippen LogP contribution in [0.1, 0.15) is 15.9 Å². The molecule has 7 heteroatoms. The Hall–Kier alpha value is -2.96. The lowest BCUT2D eigenvalue weighted by atomic mass is 10.2. The fourth-order valence-corrected chi connectivity index (χ4v) is 1.68. The smallest absolute Gasteiger partial charge is 0.335 e. The van der Waals surface area contributed by atoms with Crippen LogP contribution in [0.3, 0.4) is 0 Å². The van der Waals surface area contributed by atoms with E-state index < -0.39 is 12.0 Å². The van der Waals surface area contributed by atoms with Gasteiger partial charge in [0, 0.05) is 12.1 Å². The van der Waals surface area contributed by atoms with Gasteiger partial charge in [0.25, 0.3) is 0 Å². The first-order valence-electron chi connectivity index (χ1n) is 6.07. The molecular weight excluding hydrogens is 276 g/mol. The SMILES string of the molecule is COc1ccc(C(=O)O)cc1NC(=O)NCc1ccoc1. The van der Waals surface area contributed by atoms with E-state index in [2.05, 4.69) is 10.6 Å². The number of furan rings is 1. The number of amides is 2. The van der Waals surface area contributed by atoms with E-state index in [-0.39, 0.29) is 11.3 Å². The van der Waals surface area contributed by atoms with Gasteiger partial charge in [-0.2, -0.15) is 0 Å². The van der Waals surface area contributed by atoms with Crippen molar-refractivity contribution in [2.75, 3.05) is 12.4 Å². The number of rotatable bonds is 5. The molecule has 0 aliphatic carbocycles. The molecule has 1 heterocycles. The molecule has 0 atom stereocenters. The third-order valence-corrected chi connectivity index (χ3v) is 2.73. The fraction of sp³-hybridized carbons (Fsp3) is 0.143. The predicted molar refractivity (Wildman–Crippen MR) is 74.5 cm³/mol. The second-order valence-electron chi connectivity index (χ2n) is 4.16. The normalized spacial score (nSPS) is 9.95. The van der Waals surface area contributed by atoms with Crippen molar-refractivity contribution in [1.82, 2.24) is 5.32 Å². The van der Waals surface area contributed by atoms with E-state index in [1.165, 1.54) is 37.8 Å². The lowest BCUT2D eigenvalue weighted by Gasteiger charge is -2.11. The molecule has 0 saturated carbocycles. The van der Waals surface area contributed by atoms with Crippen molar-refractivity contribution in [2.45, 2.75) is 6.54 Å². The van der Waals surface area contributed by atoms with Crippen molar-refractivity contribution in [3.05, 3.63) is 47.9 Å². The Bertz CT molecular complexity index is 637. The monoisotopic (exact) mass is 290 g/mol. The lowest BCUT2D eigenvalue weighted by molar-refractivity contribution is 0.0697. The molecular formula is C14H14N2O5. The Balaban J connectivity index is 2.04. The number of carbonyl (C=O) groups is 2. The second kappa shape index (κ2) is 6.47. The van der Waals surface area contributed by atoms with Crippen LogP contribution < -0.4 is 15.4 Å². The van der Waals surface area contributed by atoms with Crippen LogP contribution in [0.15, 0.2) is 41.2 Å². The number of aromatic carboxylic acids is 1. The highest BCUT2D eigenvalue weighted by Gasteiger charge is 2.11. The molecule has 1 aromatic heterocycles. The summed E-state index contributed by atoms with van der Waals surface area (Å²) in [5.74, 6) is -0.710. The maximum absolute atomic E-state index is 11.8. The Morgan fingerprint density at radius 1 is 1.33 bits per heavy atom. The van der Waals surface area contributed by atoms with Gasteiger partial charge in [-0.3, -0.25) is 0 Å². The molecule has 7 nitrogen and oxygen atoms in total. The lowest BCUT2D eigenvalue weighted by Crippen LogP contribution is -2.28. The van der Waals surface area contributed by atoms with Gasteiger partial charge < -0.3 is 24.9 Å². The average Bonchev–Trinajstić information content (AvgIpc) is 2.98. The number of carboxylic acid groups (broad SMARTS) is 1. The quantitative estimate of drug-likeness (QED) is 0.784. The van der Waals surface area contributed by atoms with Crippen molar-refractivity contribution >= 4 is 17.7 Å². The molecule has 1 aromatic carbocycles. The Morgan fingerprint density at radius 2 is 2.14 bits per heavy atom. The summed E-state index contributed by atoms with van der Waals surface area (Å²) in [6, 6.07) is 5.46. The zero-order chi connectivity index (χ0) is 15.2. The van der Waals surface area contributed by atoms with Crippen LogP contribution in [0.4, 0.5) is 10.5 Å². The van der Waals surface area contributed by atoms with E-state index in [0.717, 1.165) is 5.56 Å². The summed E-state index contributed by atoms with van der Waals surface area (Å²) in [6.45, 7) is 0.295. The van der Waals surface area contributed by atoms with Crippen molar-refractivity contribution in [3.63, 3.8) is 0 Å². The molecule has 0 aliphatic rings. The highest BCUT2D eigenvalue weighted by atomic mass is 16.5. The van der Waals surface area contributed by atoms with Crippen molar-refractivity contribution in [3.8, 4) is 5.75 Å². The van der Waals surface area contributed by atoms with Crippen LogP contribution in [0.2, 0.25) is 0 Å². The van der Waals surface area contributed by atoms with E-state index in [1.807, 2.05) is 0 Å². The second-order valence-corrected chi connectivity index (χ2v) is 4.16. The number of urea groups is 1. The highest BCUT2D eigenvalue weighted by molar-refractivity contribution is 5.94. The predicted octanol–water partition coefficient (Wildman–Crippen LogP) is 2.31. The molecule has 0 bridgehead atoms. The summed E-state index contributed by atoms with van der Waals surface area (Å²) in [6.07, 6.45) is 3.03. The van der Waals surface area contributed by atoms with Gasteiger partial charge in [0.1, 0.15) is 5.75 Å². The third-order valence-electron chi connectivity index (χ3n) is 2.73. The number of carboxylic acids is 1. The number of methoxy groups -OCH3 is 1. The Kier molecular flexibility index (Phi) is 4.45. The largest absolute Gasteiger partial charge is 0.495 e. The van der Waals surface area contributed by atoms with Gasteiger partial charge >= 0.3 is 12.0 Å². The maximum atomic E-state index is 11.8. The molecule has 21 heavy (non-hydrogen) atoms.